The molecule has 1 fully saturated rings. The number of fused-ring (bicyclic) bond motifs is 2. The van der Waals surface area contributed by atoms with Crippen molar-refractivity contribution in [2.75, 3.05) is 32.2 Å². The van der Waals surface area contributed by atoms with E-state index in [1.807, 2.05) is 0 Å². The molecule has 0 spiro atoms. The highest BCUT2D eigenvalue weighted by atomic mass is 16.5. The molecule has 2 aliphatic carbocycles. The van der Waals surface area contributed by atoms with Crippen LogP contribution in [0, 0.1) is 24.7 Å². The fourth-order valence-electron chi connectivity index (χ4n) is 3.50. The summed E-state index contributed by atoms with van der Waals surface area (Å²) in [5, 5.41) is 3.59. The van der Waals surface area contributed by atoms with Gasteiger partial charge in [-0.05, 0) is 55.2 Å². The number of anilines is 1. The molecule has 0 amide bonds. The summed E-state index contributed by atoms with van der Waals surface area (Å²) in [6.07, 6.45) is 7.50. The van der Waals surface area contributed by atoms with Gasteiger partial charge in [-0.3, -0.25) is 0 Å². The third-order valence-corrected chi connectivity index (χ3v) is 4.65. The average molecular weight is 287 g/mol. The summed E-state index contributed by atoms with van der Waals surface area (Å²) in [6.45, 7) is 4.33. The second-order valence-electron chi connectivity index (χ2n) is 6.26. The molecule has 0 saturated heterocycles. The molecule has 1 saturated carbocycles. The Morgan fingerprint density at radius 3 is 2.81 bits per heavy atom. The summed E-state index contributed by atoms with van der Waals surface area (Å²) in [5.41, 5.74) is 2.32. The molecule has 3 heteroatoms. The largest absolute Gasteiger partial charge is 0.489 e. The number of rotatable bonds is 7. The van der Waals surface area contributed by atoms with Crippen molar-refractivity contribution in [3.05, 3.63) is 35.9 Å². The van der Waals surface area contributed by atoms with Crippen LogP contribution in [0.3, 0.4) is 0 Å². The topological polar surface area (TPSA) is 30.5 Å². The smallest absolute Gasteiger partial charge is 0.142 e. The number of hydrogen-bond acceptors (Lipinski definition) is 3. The number of methoxy groups -OCH3 is 1. The van der Waals surface area contributed by atoms with Crippen molar-refractivity contribution >= 4 is 5.69 Å². The molecule has 3 atom stereocenters. The van der Waals surface area contributed by atoms with Crippen molar-refractivity contribution in [3.63, 3.8) is 0 Å². The maximum Gasteiger partial charge on any atom is 0.142 e. The van der Waals surface area contributed by atoms with E-state index in [-0.39, 0.29) is 0 Å². The maximum absolute atomic E-state index is 5.83. The van der Waals surface area contributed by atoms with Crippen LogP contribution in [0.1, 0.15) is 18.4 Å². The third kappa shape index (κ3) is 3.41. The lowest BCUT2D eigenvalue weighted by atomic mass is 9.93. The quantitative estimate of drug-likeness (QED) is 0.613. The highest BCUT2D eigenvalue weighted by molar-refractivity contribution is 5.57. The van der Waals surface area contributed by atoms with Gasteiger partial charge in [-0.1, -0.05) is 18.2 Å². The Morgan fingerprint density at radius 1 is 1.19 bits per heavy atom. The number of allylic oxidation sites excluding steroid dienone is 2. The van der Waals surface area contributed by atoms with E-state index in [2.05, 4.69) is 42.6 Å². The summed E-state index contributed by atoms with van der Waals surface area (Å²) in [4.78, 5) is 0. The van der Waals surface area contributed by atoms with E-state index in [0.29, 0.717) is 13.2 Å². The zero-order chi connectivity index (χ0) is 14.7. The monoisotopic (exact) mass is 287 g/mol. The third-order valence-electron chi connectivity index (χ3n) is 4.65. The van der Waals surface area contributed by atoms with Crippen LogP contribution in [0.15, 0.2) is 30.4 Å². The van der Waals surface area contributed by atoms with Crippen LogP contribution < -0.4 is 10.1 Å². The maximum atomic E-state index is 5.83. The molecule has 0 aromatic heterocycles. The Kier molecular flexibility index (Phi) is 4.49. The minimum atomic E-state index is 0.589. The minimum absolute atomic E-state index is 0.589. The predicted octanol–water partition coefficient (Wildman–Crippen LogP) is 3.64. The van der Waals surface area contributed by atoms with E-state index in [9.17, 15) is 0 Å². The van der Waals surface area contributed by atoms with Gasteiger partial charge in [0.1, 0.15) is 12.4 Å². The fourth-order valence-corrected chi connectivity index (χ4v) is 3.50. The summed E-state index contributed by atoms with van der Waals surface area (Å²) in [7, 11) is 1.70. The van der Waals surface area contributed by atoms with Gasteiger partial charge in [0, 0.05) is 13.7 Å². The van der Waals surface area contributed by atoms with E-state index >= 15 is 0 Å². The second kappa shape index (κ2) is 6.52. The summed E-state index contributed by atoms with van der Waals surface area (Å²) in [5.74, 6) is 3.32. The Bertz CT molecular complexity index is 512. The molecular formula is C18H25NO2. The summed E-state index contributed by atoms with van der Waals surface area (Å²) >= 11 is 0. The van der Waals surface area contributed by atoms with E-state index in [1.54, 1.807) is 7.11 Å². The molecule has 3 nitrogen and oxygen atoms in total. The molecule has 1 aromatic rings. The van der Waals surface area contributed by atoms with E-state index < -0.39 is 0 Å². The normalized spacial score (nSPS) is 26.3. The summed E-state index contributed by atoms with van der Waals surface area (Å²) < 4.78 is 10.9. The van der Waals surface area contributed by atoms with Crippen molar-refractivity contribution in [1.29, 1.82) is 0 Å². The molecule has 2 bridgehead atoms. The van der Waals surface area contributed by atoms with Crippen molar-refractivity contribution in [3.8, 4) is 5.75 Å². The van der Waals surface area contributed by atoms with Crippen LogP contribution in [-0.2, 0) is 4.74 Å². The van der Waals surface area contributed by atoms with Crippen LogP contribution in [0.4, 0.5) is 5.69 Å². The number of ether oxygens (including phenoxy) is 2. The predicted molar refractivity (Wildman–Crippen MR) is 85.9 cm³/mol. The van der Waals surface area contributed by atoms with Gasteiger partial charge in [0.15, 0.2) is 0 Å². The number of hydrogen-bond donors (Lipinski definition) is 1. The number of aryl methyl sites for hydroxylation is 1. The molecule has 2 aliphatic rings. The first-order valence-electron chi connectivity index (χ1n) is 7.91. The molecule has 1 N–H and O–H groups in total. The van der Waals surface area contributed by atoms with Crippen molar-refractivity contribution in [2.45, 2.75) is 19.8 Å². The molecule has 0 radical (unpaired) electrons. The van der Waals surface area contributed by atoms with Crippen molar-refractivity contribution in [1.82, 2.24) is 0 Å². The molecule has 0 heterocycles. The molecule has 1 aromatic carbocycles. The van der Waals surface area contributed by atoms with E-state index in [4.69, 9.17) is 9.47 Å². The van der Waals surface area contributed by atoms with Crippen LogP contribution in [0.25, 0.3) is 0 Å². The zero-order valence-electron chi connectivity index (χ0n) is 13.0. The molecule has 114 valence electrons. The highest BCUT2D eigenvalue weighted by Crippen LogP contribution is 2.43. The lowest BCUT2D eigenvalue weighted by Crippen LogP contribution is -2.18. The molecular weight excluding hydrogens is 262 g/mol. The lowest BCUT2D eigenvalue weighted by molar-refractivity contribution is 0.146. The van der Waals surface area contributed by atoms with Gasteiger partial charge in [0.2, 0.25) is 0 Å². The van der Waals surface area contributed by atoms with Gasteiger partial charge < -0.3 is 14.8 Å². The van der Waals surface area contributed by atoms with Crippen LogP contribution in [0.5, 0.6) is 5.75 Å². The van der Waals surface area contributed by atoms with Gasteiger partial charge >= 0.3 is 0 Å². The first-order valence-corrected chi connectivity index (χ1v) is 7.91. The Labute approximate surface area is 127 Å². The van der Waals surface area contributed by atoms with Crippen LogP contribution >= 0.6 is 0 Å². The van der Waals surface area contributed by atoms with Crippen LogP contribution in [0.2, 0.25) is 0 Å². The summed E-state index contributed by atoms with van der Waals surface area (Å²) in [6, 6.07) is 6.35. The zero-order valence-corrected chi connectivity index (χ0v) is 13.0. The first-order chi connectivity index (χ1) is 10.3. The Hall–Kier alpha value is -1.48. The first kappa shape index (κ1) is 14.5. The van der Waals surface area contributed by atoms with Crippen molar-refractivity contribution in [2.24, 2.45) is 17.8 Å². The van der Waals surface area contributed by atoms with E-state index in [0.717, 1.165) is 35.7 Å². The highest BCUT2D eigenvalue weighted by Gasteiger charge is 2.35. The molecule has 3 unspecified atom stereocenters. The second-order valence-corrected chi connectivity index (χ2v) is 6.26. The van der Waals surface area contributed by atoms with Gasteiger partial charge in [0.25, 0.3) is 0 Å². The fraction of sp³-hybridized carbons (Fsp3) is 0.556. The van der Waals surface area contributed by atoms with Gasteiger partial charge in [-0.15, -0.1) is 0 Å². The standard InChI is InChI=1S/C18H25NO2/c1-13-3-6-17(18(9-13)21-8-7-20-2)19-12-16-11-14-4-5-15(16)10-14/h3-6,9,14-16,19H,7-8,10-12H2,1-2H3. The van der Waals surface area contributed by atoms with Gasteiger partial charge in [-0.25, -0.2) is 0 Å². The minimum Gasteiger partial charge on any atom is -0.489 e. The SMILES string of the molecule is COCCOc1cc(C)ccc1NCC1CC2C=CC1C2. The molecule has 21 heavy (non-hydrogen) atoms. The number of benzene rings is 1. The molecule has 0 aliphatic heterocycles. The Balaban J connectivity index is 1.60. The van der Waals surface area contributed by atoms with Crippen LogP contribution in [-0.4, -0.2) is 26.9 Å². The average Bonchev–Trinajstić information content (AvgIpc) is 3.09. The van der Waals surface area contributed by atoms with Crippen molar-refractivity contribution < 1.29 is 9.47 Å². The van der Waals surface area contributed by atoms with Gasteiger partial charge in [0.05, 0.1) is 12.3 Å². The lowest BCUT2D eigenvalue weighted by Gasteiger charge is -2.20. The molecule has 3 rings (SSSR count). The van der Waals surface area contributed by atoms with E-state index in [1.165, 1.54) is 18.4 Å². The number of nitrogens with one attached hydrogen (secondary N) is 1. The van der Waals surface area contributed by atoms with Gasteiger partial charge in [-0.2, -0.15) is 0 Å². The Morgan fingerprint density at radius 2 is 2.10 bits per heavy atom.